The quantitative estimate of drug-likeness (QED) is 0.842. The van der Waals surface area contributed by atoms with Gasteiger partial charge in [0.15, 0.2) is 0 Å². The molecule has 0 spiro atoms. The Morgan fingerprint density at radius 2 is 1.96 bits per heavy atom. The van der Waals surface area contributed by atoms with Crippen LogP contribution in [0.5, 0.6) is 0 Å². The Hall–Kier alpha value is -1.68. The van der Waals surface area contributed by atoms with E-state index in [0.717, 1.165) is 43.0 Å². The fraction of sp³-hybridized carbons (Fsp3) is 0.526. The highest BCUT2D eigenvalue weighted by atomic mass is 19.1. The van der Waals surface area contributed by atoms with Crippen LogP contribution >= 0.6 is 0 Å². The second kappa shape index (κ2) is 6.44. The fourth-order valence-corrected chi connectivity index (χ4v) is 3.50. The Morgan fingerprint density at radius 1 is 1.22 bits per heavy atom. The van der Waals surface area contributed by atoms with E-state index >= 15 is 0 Å². The molecule has 124 valence electrons. The zero-order chi connectivity index (χ0) is 16.6. The van der Waals surface area contributed by atoms with Gasteiger partial charge in [-0.2, -0.15) is 0 Å². The molecule has 2 heterocycles. The lowest BCUT2D eigenvalue weighted by atomic mass is 9.98. The van der Waals surface area contributed by atoms with E-state index in [4.69, 9.17) is 4.99 Å². The van der Waals surface area contributed by atoms with Crippen LogP contribution in [0.4, 0.5) is 4.39 Å². The number of amidine groups is 1. The third-order valence-corrected chi connectivity index (χ3v) is 4.65. The van der Waals surface area contributed by atoms with Crippen molar-refractivity contribution < 1.29 is 4.39 Å². The van der Waals surface area contributed by atoms with Crippen molar-refractivity contribution in [3.8, 4) is 0 Å². The van der Waals surface area contributed by atoms with E-state index in [1.54, 1.807) is 6.07 Å². The third-order valence-electron chi connectivity index (χ3n) is 4.65. The smallest absolute Gasteiger partial charge is 0.135 e. The number of nitrogens with zero attached hydrogens (tertiary/aromatic N) is 3. The van der Waals surface area contributed by atoms with Crippen LogP contribution in [0.3, 0.4) is 0 Å². The predicted molar refractivity (Wildman–Crippen MR) is 94.1 cm³/mol. The first-order valence-corrected chi connectivity index (χ1v) is 8.55. The SMILES string of the molecule is CC(C)N(CC1=Cc2ccc(F)cc2C2=NCCCN12)C(C)C. The van der Waals surface area contributed by atoms with Crippen molar-refractivity contribution >= 4 is 11.9 Å². The molecule has 23 heavy (non-hydrogen) atoms. The normalized spacial score (nSPS) is 17.3. The molecule has 0 saturated carbocycles. The number of hydrogen-bond donors (Lipinski definition) is 0. The van der Waals surface area contributed by atoms with Gasteiger partial charge in [0.05, 0.1) is 0 Å². The second-order valence-electron chi connectivity index (χ2n) is 6.94. The number of benzene rings is 1. The summed E-state index contributed by atoms with van der Waals surface area (Å²) >= 11 is 0. The summed E-state index contributed by atoms with van der Waals surface area (Å²) in [6.07, 6.45) is 3.26. The number of rotatable bonds is 4. The first-order chi connectivity index (χ1) is 11.0. The molecule has 2 aliphatic rings. The Labute approximate surface area is 138 Å². The van der Waals surface area contributed by atoms with Gasteiger partial charge in [-0.1, -0.05) is 6.07 Å². The topological polar surface area (TPSA) is 18.8 Å². The van der Waals surface area contributed by atoms with E-state index in [9.17, 15) is 4.39 Å². The van der Waals surface area contributed by atoms with Gasteiger partial charge in [0.2, 0.25) is 0 Å². The number of hydrogen-bond acceptors (Lipinski definition) is 3. The summed E-state index contributed by atoms with van der Waals surface area (Å²) in [5.74, 6) is 0.746. The van der Waals surface area contributed by atoms with Crippen LogP contribution in [-0.4, -0.2) is 47.4 Å². The largest absolute Gasteiger partial charge is 0.329 e. The first-order valence-electron chi connectivity index (χ1n) is 8.55. The molecule has 0 amide bonds. The lowest BCUT2D eigenvalue weighted by Crippen LogP contribution is -2.45. The molecular formula is C19H26FN3. The molecule has 0 aliphatic carbocycles. The Kier molecular flexibility index (Phi) is 4.53. The molecule has 0 unspecified atom stereocenters. The summed E-state index contributed by atoms with van der Waals surface area (Å²) in [5.41, 5.74) is 3.27. The van der Waals surface area contributed by atoms with Crippen LogP contribution in [0.1, 0.15) is 45.2 Å². The summed E-state index contributed by atoms with van der Waals surface area (Å²) in [6.45, 7) is 11.6. The summed E-state index contributed by atoms with van der Waals surface area (Å²) in [5, 5.41) is 0. The summed E-state index contributed by atoms with van der Waals surface area (Å²) < 4.78 is 13.7. The summed E-state index contributed by atoms with van der Waals surface area (Å²) in [4.78, 5) is 9.46. The molecule has 1 aromatic rings. The highest BCUT2D eigenvalue weighted by molar-refractivity contribution is 6.05. The molecule has 0 radical (unpaired) electrons. The van der Waals surface area contributed by atoms with Crippen LogP contribution in [0.15, 0.2) is 28.9 Å². The van der Waals surface area contributed by atoms with Crippen molar-refractivity contribution in [3.05, 3.63) is 40.8 Å². The van der Waals surface area contributed by atoms with E-state index < -0.39 is 0 Å². The average Bonchev–Trinajstić information content (AvgIpc) is 2.52. The molecular weight excluding hydrogens is 289 g/mol. The number of aliphatic imine (C=N–C) groups is 1. The van der Waals surface area contributed by atoms with Gasteiger partial charge in [-0.05, 0) is 57.9 Å². The molecule has 0 atom stereocenters. The van der Waals surface area contributed by atoms with Gasteiger partial charge in [-0.15, -0.1) is 0 Å². The molecule has 0 N–H and O–H groups in total. The number of fused-ring (bicyclic) bond motifs is 3. The zero-order valence-electron chi connectivity index (χ0n) is 14.5. The molecule has 3 rings (SSSR count). The monoisotopic (exact) mass is 315 g/mol. The number of halogens is 1. The Bertz CT molecular complexity index is 638. The highest BCUT2D eigenvalue weighted by Crippen LogP contribution is 2.29. The molecule has 2 aliphatic heterocycles. The minimum Gasteiger partial charge on any atom is -0.329 e. The van der Waals surface area contributed by atoms with Crippen molar-refractivity contribution in [2.24, 2.45) is 4.99 Å². The first kappa shape index (κ1) is 16.2. The Balaban J connectivity index is 2.01. The van der Waals surface area contributed by atoms with E-state index in [-0.39, 0.29) is 5.82 Å². The Morgan fingerprint density at radius 3 is 2.65 bits per heavy atom. The van der Waals surface area contributed by atoms with Gasteiger partial charge in [0.25, 0.3) is 0 Å². The highest BCUT2D eigenvalue weighted by Gasteiger charge is 2.28. The molecule has 3 nitrogen and oxygen atoms in total. The maximum absolute atomic E-state index is 13.7. The van der Waals surface area contributed by atoms with Gasteiger partial charge in [0.1, 0.15) is 11.7 Å². The van der Waals surface area contributed by atoms with Crippen LogP contribution in [0.2, 0.25) is 0 Å². The van der Waals surface area contributed by atoms with Crippen molar-refractivity contribution in [1.29, 1.82) is 0 Å². The molecule has 0 bridgehead atoms. The fourth-order valence-electron chi connectivity index (χ4n) is 3.50. The second-order valence-corrected chi connectivity index (χ2v) is 6.94. The summed E-state index contributed by atoms with van der Waals surface area (Å²) in [7, 11) is 0. The summed E-state index contributed by atoms with van der Waals surface area (Å²) in [6, 6.07) is 5.98. The lowest BCUT2D eigenvalue weighted by molar-refractivity contribution is 0.180. The van der Waals surface area contributed by atoms with Crippen LogP contribution < -0.4 is 0 Å². The standard InChI is InChI=1S/C19H26FN3/c1-13(2)23(14(3)4)12-17-10-15-6-7-16(20)11-18(15)19-21-8-5-9-22(17)19/h6-7,10-11,13-14H,5,8-9,12H2,1-4H3. The van der Waals surface area contributed by atoms with Crippen LogP contribution in [0.25, 0.3) is 6.08 Å². The van der Waals surface area contributed by atoms with Gasteiger partial charge < -0.3 is 4.90 Å². The average molecular weight is 315 g/mol. The third kappa shape index (κ3) is 3.18. The van der Waals surface area contributed by atoms with Crippen molar-refractivity contribution in [2.75, 3.05) is 19.6 Å². The lowest BCUT2D eigenvalue weighted by Gasteiger charge is -2.39. The predicted octanol–water partition coefficient (Wildman–Crippen LogP) is 3.75. The van der Waals surface area contributed by atoms with Crippen LogP contribution in [0, 0.1) is 5.82 Å². The molecule has 4 heteroatoms. The zero-order valence-corrected chi connectivity index (χ0v) is 14.5. The van der Waals surface area contributed by atoms with Gasteiger partial charge >= 0.3 is 0 Å². The van der Waals surface area contributed by atoms with Gasteiger partial charge in [-0.25, -0.2) is 4.39 Å². The van der Waals surface area contributed by atoms with Gasteiger partial charge in [-0.3, -0.25) is 9.89 Å². The van der Waals surface area contributed by atoms with E-state index in [2.05, 4.69) is 43.6 Å². The maximum atomic E-state index is 13.7. The molecule has 0 saturated heterocycles. The molecule has 0 fully saturated rings. The maximum Gasteiger partial charge on any atom is 0.135 e. The van der Waals surface area contributed by atoms with Gasteiger partial charge in [0, 0.05) is 43.0 Å². The van der Waals surface area contributed by atoms with Crippen LogP contribution in [-0.2, 0) is 0 Å². The van der Waals surface area contributed by atoms with E-state index in [0.29, 0.717) is 12.1 Å². The minimum absolute atomic E-state index is 0.195. The minimum atomic E-state index is -0.195. The van der Waals surface area contributed by atoms with E-state index in [1.165, 1.54) is 11.8 Å². The van der Waals surface area contributed by atoms with Crippen molar-refractivity contribution in [1.82, 2.24) is 9.80 Å². The molecule has 0 aromatic heterocycles. The van der Waals surface area contributed by atoms with Crippen molar-refractivity contribution in [3.63, 3.8) is 0 Å². The van der Waals surface area contributed by atoms with E-state index in [1.807, 2.05) is 6.07 Å². The van der Waals surface area contributed by atoms with Crippen molar-refractivity contribution in [2.45, 2.75) is 46.2 Å². The molecule has 1 aromatic carbocycles.